The predicted molar refractivity (Wildman–Crippen MR) is 117 cm³/mol. The van der Waals surface area contributed by atoms with Crippen LogP contribution in [0.25, 0.3) is 10.9 Å². The zero-order chi connectivity index (χ0) is 19.5. The van der Waals surface area contributed by atoms with Gasteiger partial charge in [0, 0.05) is 16.2 Å². The number of aromatic nitrogens is 2. The lowest BCUT2D eigenvalue weighted by Gasteiger charge is -2.18. The molecular formula is C21H20BrN3O2S. The molecule has 0 bridgehead atoms. The Morgan fingerprint density at radius 3 is 2.61 bits per heavy atom. The number of carbonyl (C=O) groups excluding carboxylic acids is 1. The van der Waals surface area contributed by atoms with Crippen LogP contribution < -0.4 is 10.9 Å². The first-order valence-corrected chi connectivity index (χ1v) is 11.1. The molecule has 0 saturated heterocycles. The third-order valence-corrected chi connectivity index (χ3v) is 6.41. The SMILES string of the molecule is O=C(CSc1nc2ccccc2c(=O)n1C1CCCC1)Nc1ccc(Br)cc1. The highest BCUT2D eigenvalue weighted by atomic mass is 79.9. The standard InChI is InChI=1S/C21H20BrN3O2S/c22-14-9-11-15(12-10-14)23-19(26)13-28-21-24-18-8-4-3-7-17(18)20(27)25(21)16-5-1-2-6-16/h3-4,7-12,16H,1-2,5-6,13H2,(H,23,26). The minimum atomic E-state index is -0.118. The van der Waals surface area contributed by atoms with Gasteiger partial charge in [-0.05, 0) is 49.2 Å². The van der Waals surface area contributed by atoms with E-state index < -0.39 is 0 Å². The number of amides is 1. The van der Waals surface area contributed by atoms with Crippen molar-refractivity contribution in [2.75, 3.05) is 11.1 Å². The molecule has 0 atom stereocenters. The van der Waals surface area contributed by atoms with Crippen LogP contribution in [0.2, 0.25) is 0 Å². The molecule has 144 valence electrons. The number of carbonyl (C=O) groups is 1. The highest BCUT2D eigenvalue weighted by molar-refractivity contribution is 9.10. The lowest BCUT2D eigenvalue weighted by Crippen LogP contribution is -2.27. The average Bonchev–Trinajstić information content (AvgIpc) is 3.22. The molecule has 1 amide bonds. The number of hydrogen-bond acceptors (Lipinski definition) is 4. The molecule has 7 heteroatoms. The second-order valence-corrected chi connectivity index (χ2v) is 8.73. The second kappa shape index (κ2) is 8.49. The Labute approximate surface area is 175 Å². The van der Waals surface area contributed by atoms with Crippen molar-refractivity contribution in [2.45, 2.75) is 36.9 Å². The normalized spacial score (nSPS) is 14.5. The van der Waals surface area contributed by atoms with E-state index in [2.05, 4.69) is 21.2 Å². The van der Waals surface area contributed by atoms with Crippen molar-refractivity contribution in [3.63, 3.8) is 0 Å². The lowest BCUT2D eigenvalue weighted by molar-refractivity contribution is -0.113. The van der Waals surface area contributed by atoms with E-state index in [9.17, 15) is 9.59 Å². The minimum absolute atomic E-state index is 0.00619. The average molecular weight is 458 g/mol. The number of hydrogen-bond donors (Lipinski definition) is 1. The fourth-order valence-electron chi connectivity index (χ4n) is 3.57. The molecular weight excluding hydrogens is 438 g/mol. The summed E-state index contributed by atoms with van der Waals surface area (Å²) in [5.74, 6) is 0.0841. The molecule has 0 radical (unpaired) electrons. The number of halogens is 1. The molecule has 0 aliphatic heterocycles. The highest BCUT2D eigenvalue weighted by Gasteiger charge is 2.23. The summed E-state index contributed by atoms with van der Waals surface area (Å²) in [5.41, 5.74) is 1.42. The van der Waals surface area contributed by atoms with Crippen molar-refractivity contribution in [1.29, 1.82) is 0 Å². The molecule has 1 saturated carbocycles. The van der Waals surface area contributed by atoms with Gasteiger partial charge in [-0.2, -0.15) is 0 Å². The number of nitrogens with zero attached hydrogens (tertiary/aromatic N) is 2. The monoisotopic (exact) mass is 457 g/mol. The van der Waals surface area contributed by atoms with Gasteiger partial charge in [0.1, 0.15) is 0 Å². The maximum absolute atomic E-state index is 13.1. The van der Waals surface area contributed by atoms with E-state index >= 15 is 0 Å². The molecule has 4 rings (SSSR count). The molecule has 1 aliphatic carbocycles. The van der Waals surface area contributed by atoms with Crippen LogP contribution in [0.4, 0.5) is 5.69 Å². The van der Waals surface area contributed by atoms with Gasteiger partial charge in [0.2, 0.25) is 5.91 Å². The van der Waals surface area contributed by atoms with Crippen LogP contribution in [0, 0.1) is 0 Å². The van der Waals surface area contributed by atoms with Crippen molar-refractivity contribution in [3.8, 4) is 0 Å². The van der Waals surface area contributed by atoms with E-state index in [-0.39, 0.29) is 23.3 Å². The number of rotatable bonds is 5. The quantitative estimate of drug-likeness (QED) is 0.432. The lowest BCUT2D eigenvalue weighted by atomic mass is 10.2. The molecule has 1 aromatic heterocycles. The largest absolute Gasteiger partial charge is 0.325 e. The fraction of sp³-hybridized carbons (Fsp3) is 0.286. The topological polar surface area (TPSA) is 64.0 Å². The minimum Gasteiger partial charge on any atom is -0.325 e. The Morgan fingerprint density at radius 2 is 1.86 bits per heavy atom. The molecule has 1 N–H and O–H groups in total. The third-order valence-electron chi connectivity index (χ3n) is 4.93. The van der Waals surface area contributed by atoms with Gasteiger partial charge in [-0.25, -0.2) is 4.98 Å². The zero-order valence-corrected chi connectivity index (χ0v) is 17.6. The van der Waals surface area contributed by atoms with E-state index in [0.717, 1.165) is 35.8 Å². The molecule has 28 heavy (non-hydrogen) atoms. The van der Waals surface area contributed by atoms with Crippen molar-refractivity contribution < 1.29 is 4.79 Å². The second-order valence-electron chi connectivity index (χ2n) is 6.87. The van der Waals surface area contributed by atoms with Crippen LogP contribution in [0.1, 0.15) is 31.7 Å². The Hall–Kier alpha value is -2.12. The summed E-state index contributed by atoms with van der Waals surface area (Å²) in [6.45, 7) is 0. The van der Waals surface area contributed by atoms with E-state index in [1.807, 2.05) is 53.1 Å². The predicted octanol–water partition coefficient (Wildman–Crippen LogP) is 5.00. The van der Waals surface area contributed by atoms with Gasteiger partial charge in [0.25, 0.3) is 5.56 Å². The zero-order valence-electron chi connectivity index (χ0n) is 15.2. The van der Waals surface area contributed by atoms with Gasteiger partial charge in [0.05, 0.1) is 16.7 Å². The molecule has 2 aromatic carbocycles. The molecule has 1 aliphatic rings. The van der Waals surface area contributed by atoms with Crippen LogP contribution in [0.5, 0.6) is 0 Å². The van der Waals surface area contributed by atoms with Gasteiger partial charge in [-0.15, -0.1) is 0 Å². The maximum atomic E-state index is 13.1. The van der Waals surface area contributed by atoms with E-state index in [0.29, 0.717) is 16.1 Å². The Bertz CT molecular complexity index is 1060. The summed E-state index contributed by atoms with van der Waals surface area (Å²) < 4.78 is 2.77. The number of benzene rings is 2. The van der Waals surface area contributed by atoms with Crippen molar-refractivity contribution >= 4 is 50.2 Å². The molecule has 0 unspecified atom stereocenters. The summed E-state index contributed by atoms with van der Waals surface area (Å²) >= 11 is 4.71. The number of para-hydroxylation sites is 1. The van der Waals surface area contributed by atoms with Crippen LogP contribution in [0.15, 0.2) is 63.0 Å². The number of nitrogens with one attached hydrogen (secondary N) is 1. The Kier molecular flexibility index (Phi) is 5.82. The van der Waals surface area contributed by atoms with E-state index in [1.165, 1.54) is 11.8 Å². The fourth-order valence-corrected chi connectivity index (χ4v) is 4.70. The first-order valence-electron chi connectivity index (χ1n) is 9.31. The number of thioether (sulfide) groups is 1. The van der Waals surface area contributed by atoms with E-state index in [1.54, 1.807) is 0 Å². The summed E-state index contributed by atoms with van der Waals surface area (Å²) in [4.78, 5) is 30.2. The van der Waals surface area contributed by atoms with Crippen molar-refractivity contribution in [1.82, 2.24) is 9.55 Å². The summed E-state index contributed by atoms with van der Waals surface area (Å²) in [6.07, 6.45) is 4.22. The molecule has 0 spiro atoms. The summed E-state index contributed by atoms with van der Waals surface area (Å²) in [7, 11) is 0. The van der Waals surface area contributed by atoms with Crippen molar-refractivity contribution in [3.05, 3.63) is 63.4 Å². The smallest absolute Gasteiger partial charge is 0.262 e. The maximum Gasteiger partial charge on any atom is 0.262 e. The summed E-state index contributed by atoms with van der Waals surface area (Å²) in [6, 6.07) is 15.0. The highest BCUT2D eigenvalue weighted by Crippen LogP contribution is 2.32. The van der Waals surface area contributed by atoms with Crippen molar-refractivity contribution in [2.24, 2.45) is 0 Å². The first-order chi connectivity index (χ1) is 13.6. The molecule has 3 aromatic rings. The third kappa shape index (κ3) is 4.15. The number of anilines is 1. The molecule has 5 nitrogen and oxygen atoms in total. The Morgan fingerprint density at radius 1 is 1.14 bits per heavy atom. The van der Waals surface area contributed by atoms with Gasteiger partial charge in [0.15, 0.2) is 5.16 Å². The van der Waals surface area contributed by atoms with Gasteiger partial charge < -0.3 is 5.32 Å². The van der Waals surface area contributed by atoms with Crippen LogP contribution in [0.3, 0.4) is 0 Å². The first kappa shape index (κ1) is 19.2. The summed E-state index contributed by atoms with van der Waals surface area (Å²) in [5, 5.41) is 4.15. The Balaban J connectivity index is 1.58. The van der Waals surface area contributed by atoms with Gasteiger partial charge in [-0.1, -0.05) is 52.7 Å². The van der Waals surface area contributed by atoms with Crippen LogP contribution >= 0.6 is 27.7 Å². The van der Waals surface area contributed by atoms with Crippen LogP contribution in [-0.2, 0) is 4.79 Å². The molecule has 1 fully saturated rings. The molecule has 1 heterocycles. The number of fused-ring (bicyclic) bond motifs is 1. The van der Waals surface area contributed by atoms with Gasteiger partial charge in [-0.3, -0.25) is 14.2 Å². The van der Waals surface area contributed by atoms with E-state index in [4.69, 9.17) is 4.98 Å². The van der Waals surface area contributed by atoms with Crippen LogP contribution in [-0.4, -0.2) is 21.2 Å². The van der Waals surface area contributed by atoms with Gasteiger partial charge >= 0.3 is 0 Å².